The van der Waals surface area contributed by atoms with Crippen molar-refractivity contribution in [2.24, 2.45) is 0 Å². The van der Waals surface area contributed by atoms with Gasteiger partial charge in [-0.3, -0.25) is 0 Å². The third kappa shape index (κ3) is 8.08. The molecule has 3 heterocycles. The Morgan fingerprint density at radius 3 is 2.02 bits per heavy atom. The second-order valence-corrected chi connectivity index (χ2v) is 19.4. The average Bonchev–Trinajstić information content (AvgIpc) is 3.52. The summed E-state index contributed by atoms with van der Waals surface area (Å²) in [5, 5.41) is 3.64. The molecule has 1 atom stereocenters. The zero-order valence-corrected chi connectivity index (χ0v) is 33.9. The number of benzene rings is 5. The predicted octanol–water partition coefficient (Wildman–Crippen LogP) is 12.0. The first-order chi connectivity index (χ1) is 24.6. The van der Waals surface area contributed by atoms with Crippen LogP contribution in [0.15, 0.2) is 144 Å². The predicted molar refractivity (Wildman–Crippen MR) is 216 cm³/mol. The third-order valence-electron chi connectivity index (χ3n) is 9.46. The quantitative estimate of drug-likeness (QED) is 0.123. The SMILES string of the molecule is Cc1c[c-]c(-c2cc(-c3ccccc3)c([Si](C)(C)C)cn2)cc1.Cc1ccc2c(c1)oc1c[c-]c(-c3cc(C(C)c4ccccc4)ccn3)cc12.[Ir]. The zero-order valence-electron chi connectivity index (χ0n) is 30.5. The molecule has 5 aromatic carbocycles. The number of nitrogens with zero attached hydrogens (tertiary/aromatic N) is 2. The first-order valence-electron chi connectivity index (χ1n) is 17.5. The first-order valence-corrected chi connectivity index (χ1v) is 21.0. The molecule has 1 unspecified atom stereocenters. The molecule has 3 aromatic heterocycles. The molecule has 0 saturated heterocycles. The van der Waals surface area contributed by atoms with Gasteiger partial charge in [-0.15, -0.1) is 59.2 Å². The Hall–Kier alpha value is -4.93. The van der Waals surface area contributed by atoms with Crippen LogP contribution in [0, 0.1) is 26.0 Å². The standard InChI is InChI=1S/C26H20NO.C21H22NSi.Ir/c1-17-8-10-22-23-15-21(9-11-25(23)28-26(22)14-17)24-16-20(12-13-27-24)18(2)19-6-4-3-5-7-19;1-16-10-12-18(13-11-16)20-14-19(17-8-6-5-7-9-17)21(15-22-20)23(2,3)4;/h3-8,10-16,18H,1-2H3;5-12,14-15H,1-4H3;/q2*-1;. The van der Waals surface area contributed by atoms with Gasteiger partial charge in [-0.1, -0.05) is 124 Å². The zero-order chi connectivity index (χ0) is 35.5. The molecule has 0 saturated carbocycles. The van der Waals surface area contributed by atoms with Crippen molar-refractivity contribution in [1.82, 2.24) is 9.97 Å². The molecule has 52 heavy (non-hydrogen) atoms. The Kier molecular flexibility index (Phi) is 11.2. The summed E-state index contributed by atoms with van der Waals surface area (Å²) < 4.78 is 5.99. The number of furan rings is 1. The van der Waals surface area contributed by atoms with Gasteiger partial charge < -0.3 is 14.4 Å². The molecule has 0 amide bonds. The van der Waals surface area contributed by atoms with E-state index in [0.29, 0.717) is 5.92 Å². The normalized spacial score (nSPS) is 11.8. The molecule has 0 bridgehead atoms. The average molecular weight is 871 g/mol. The van der Waals surface area contributed by atoms with Gasteiger partial charge >= 0.3 is 0 Å². The van der Waals surface area contributed by atoms with Gasteiger partial charge in [-0.2, -0.15) is 0 Å². The van der Waals surface area contributed by atoms with Crippen LogP contribution in [-0.4, -0.2) is 18.0 Å². The number of hydrogen-bond donors (Lipinski definition) is 0. The van der Waals surface area contributed by atoms with E-state index in [2.05, 4.69) is 179 Å². The van der Waals surface area contributed by atoms with Gasteiger partial charge in [0, 0.05) is 43.8 Å². The van der Waals surface area contributed by atoms with Gasteiger partial charge in [0.1, 0.15) is 5.58 Å². The van der Waals surface area contributed by atoms with Gasteiger partial charge in [0.05, 0.1) is 13.7 Å². The van der Waals surface area contributed by atoms with Crippen molar-refractivity contribution in [3.63, 3.8) is 0 Å². The summed E-state index contributed by atoms with van der Waals surface area (Å²) in [5.41, 5.74) is 13.3. The Bertz CT molecular complexity index is 2430. The van der Waals surface area contributed by atoms with E-state index in [0.717, 1.165) is 44.5 Å². The second kappa shape index (κ2) is 15.8. The minimum absolute atomic E-state index is 0. The largest absolute Gasteiger partial charge is 0.500 e. The maximum Gasteiger partial charge on any atom is 0.121 e. The van der Waals surface area contributed by atoms with Crippen molar-refractivity contribution < 1.29 is 24.5 Å². The van der Waals surface area contributed by atoms with Crippen LogP contribution in [0.4, 0.5) is 0 Å². The minimum atomic E-state index is -1.47. The fourth-order valence-electron chi connectivity index (χ4n) is 6.49. The summed E-state index contributed by atoms with van der Waals surface area (Å²) in [6.45, 7) is 13.5. The van der Waals surface area contributed by atoms with Gasteiger partial charge in [-0.05, 0) is 63.4 Å². The van der Waals surface area contributed by atoms with Crippen molar-refractivity contribution in [3.8, 4) is 33.6 Å². The molecule has 0 spiro atoms. The summed E-state index contributed by atoms with van der Waals surface area (Å²) >= 11 is 0. The maximum absolute atomic E-state index is 5.99. The monoisotopic (exact) mass is 871 g/mol. The van der Waals surface area contributed by atoms with E-state index in [1.54, 1.807) is 0 Å². The van der Waals surface area contributed by atoms with Crippen LogP contribution in [0.1, 0.15) is 35.1 Å². The van der Waals surface area contributed by atoms with Crippen LogP contribution in [0.5, 0.6) is 0 Å². The number of pyridine rings is 2. The molecule has 1 radical (unpaired) electrons. The summed E-state index contributed by atoms with van der Waals surface area (Å²) in [4.78, 5) is 9.34. The number of rotatable bonds is 6. The molecular formula is C47H42IrN2OSi-2. The molecule has 0 fully saturated rings. The van der Waals surface area contributed by atoms with Crippen molar-refractivity contribution >= 4 is 35.2 Å². The summed E-state index contributed by atoms with van der Waals surface area (Å²) in [6.07, 6.45) is 3.97. The van der Waals surface area contributed by atoms with Crippen molar-refractivity contribution in [2.75, 3.05) is 0 Å². The molecule has 3 nitrogen and oxygen atoms in total. The van der Waals surface area contributed by atoms with E-state index < -0.39 is 8.07 Å². The van der Waals surface area contributed by atoms with E-state index in [4.69, 9.17) is 9.40 Å². The van der Waals surface area contributed by atoms with Crippen molar-refractivity contribution in [2.45, 2.75) is 46.3 Å². The Morgan fingerprint density at radius 1 is 0.615 bits per heavy atom. The van der Waals surface area contributed by atoms with Crippen molar-refractivity contribution in [3.05, 3.63) is 174 Å². The fraction of sp³-hybridized carbons (Fsp3) is 0.149. The summed E-state index contributed by atoms with van der Waals surface area (Å²) in [7, 11) is -1.47. The van der Waals surface area contributed by atoms with Gasteiger partial charge in [0.15, 0.2) is 0 Å². The Balaban J connectivity index is 0.000000179. The van der Waals surface area contributed by atoms with Gasteiger partial charge in [-0.25, -0.2) is 0 Å². The molecule has 0 aliphatic carbocycles. The molecule has 0 aliphatic heterocycles. The molecular weight excluding hydrogens is 829 g/mol. The second-order valence-electron chi connectivity index (χ2n) is 14.3. The number of fused-ring (bicyclic) bond motifs is 3. The molecule has 0 aliphatic rings. The topological polar surface area (TPSA) is 38.9 Å². The van der Waals surface area contributed by atoms with E-state index in [1.807, 2.05) is 18.3 Å². The van der Waals surface area contributed by atoms with Crippen LogP contribution in [-0.2, 0) is 20.1 Å². The van der Waals surface area contributed by atoms with E-state index in [9.17, 15) is 0 Å². The Morgan fingerprint density at radius 2 is 1.31 bits per heavy atom. The van der Waals surface area contributed by atoms with Crippen LogP contribution in [0.2, 0.25) is 19.6 Å². The smallest absolute Gasteiger partial charge is 0.121 e. The summed E-state index contributed by atoms with van der Waals surface area (Å²) in [5.74, 6) is 0.310. The third-order valence-corrected chi connectivity index (χ3v) is 11.5. The van der Waals surface area contributed by atoms with Gasteiger partial charge in [0.25, 0.3) is 0 Å². The van der Waals surface area contributed by atoms with E-state index in [-0.39, 0.29) is 20.1 Å². The number of hydrogen-bond acceptors (Lipinski definition) is 3. The Labute approximate surface area is 322 Å². The van der Waals surface area contributed by atoms with E-state index >= 15 is 0 Å². The molecule has 8 aromatic rings. The molecule has 261 valence electrons. The molecule has 0 N–H and O–H groups in total. The number of aryl methyl sites for hydroxylation is 2. The van der Waals surface area contributed by atoms with E-state index in [1.165, 1.54) is 38.6 Å². The first kappa shape index (κ1) is 36.8. The van der Waals surface area contributed by atoms with Crippen LogP contribution in [0.3, 0.4) is 0 Å². The number of aromatic nitrogens is 2. The van der Waals surface area contributed by atoms with Crippen LogP contribution >= 0.6 is 0 Å². The van der Waals surface area contributed by atoms with Crippen LogP contribution < -0.4 is 5.19 Å². The molecule has 8 rings (SSSR count). The van der Waals surface area contributed by atoms with Gasteiger partial charge in [0.2, 0.25) is 0 Å². The van der Waals surface area contributed by atoms with Crippen molar-refractivity contribution in [1.29, 1.82) is 0 Å². The molecule has 5 heteroatoms. The summed E-state index contributed by atoms with van der Waals surface area (Å²) in [6, 6.07) is 51.0. The fourth-order valence-corrected chi connectivity index (χ4v) is 7.97. The van der Waals surface area contributed by atoms with Crippen LogP contribution in [0.25, 0.3) is 55.6 Å². The maximum atomic E-state index is 5.99. The minimum Gasteiger partial charge on any atom is -0.500 e.